The fourth-order valence-corrected chi connectivity index (χ4v) is 2.84. The molecule has 6 heteroatoms. The van der Waals surface area contributed by atoms with E-state index >= 15 is 0 Å². The maximum Gasteiger partial charge on any atom is 0.147 e. The highest BCUT2D eigenvalue weighted by molar-refractivity contribution is 5.53. The number of aromatic nitrogens is 2. The van der Waals surface area contributed by atoms with Gasteiger partial charge in [-0.1, -0.05) is 24.3 Å². The topological polar surface area (TPSA) is 80.1 Å². The van der Waals surface area contributed by atoms with Gasteiger partial charge < -0.3 is 14.8 Å². The molecule has 1 saturated heterocycles. The summed E-state index contributed by atoms with van der Waals surface area (Å²) in [4.78, 5) is 8.20. The number of ether oxygens (including phenoxy) is 2. The maximum atomic E-state index is 9.23. The van der Waals surface area contributed by atoms with Crippen LogP contribution in [0.3, 0.4) is 0 Å². The van der Waals surface area contributed by atoms with E-state index in [2.05, 4.69) is 33.5 Å². The number of nitrogens with one attached hydrogen (secondary N) is 1. The first kappa shape index (κ1) is 17.3. The predicted molar refractivity (Wildman–Crippen MR) is 93.9 cm³/mol. The summed E-state index contributed by atoms with van der Waals surface area (Å²) in [6.45, 7) is 4.46. The number of nitrogens with zero attached hydrogens (tertiary/aromatic N) is 3. The molecule has 6 nitrogen and oxygen atoms in total. The minimum atomic E-state index is 0.246. The van der Waals surface area contributed by atoms with E-state index in [1.165, 1.54) is 6.33 Å². The van der Waals surface area contributed by atoms with Gasteiger partial charge in [0.15, 0.2) is 0 Å². The van der Waals surface area contributed by atoms with Crippen LogP contribution in [0.15, 0.2) is 30.6 Å². The smallest absolute Gasteiger partial charge is 0.147 e. The quantitative estimate of drug-likeness (QED) is 0.836. The Labute approximate surface area is 147 Å². The van der Waals surface area contributed by atoms with Gasteiger partial charge in [-0.15, -0.1) is 0 Å². The van der Waals surface area contributed by atoms with Gasteiger partial charge in [-0.3, -0.25) is 0 Å². The van der Waals surface area contributed by atoms with Crippen LogP contribution in [-0.2, 0) is 22.6 Å². The Morgan fingerprint density at radius 3 is 3.04 bits per heavy atom. The van der Waals surface area contributed by atoms with Crippen LogP contribution < -0.4 is 5.32 Å². The van der Waals surface area contributed by atoms with E-state index in [1.54, 1.807) is 6.92 Å². The summed E-state index contributed by atoms with van der Waals surface area (Å²) in [5, 5.41) is 12.4. The van der Waals surface area contributed by atoms with Crippen LogP contribution in [0.4, 0.5) is 5.82 Å². The van der Waals surface area contributed by atoms with Crippen molar-refractivity contribution in [3.8, 4) is 6.07 Å². The molecule has 2 aromatic rings. The SMILES string of the molecule is Cc1ncnc(NCc2cccc(COCC3CCCO3)c2)c1C#N. The van der Waals surface area contributed by atoms with E-state index in [0.29, 0.717) is 36.8 Å². The molecule has 0 radical (unpaired) electrons. The molecule has 1 aromatic carbocycles. The lowest BCUT2D eigenvalue weighted by molar-refractivity contribution is 0.0106. The lowest BCUT2D eigenvalue weighted by Gasteiger charge is -2.11. The number of rotatable bonds is 7. The molecule has 2 heterocycles. The van der Waals surface area contributed by atoms with Crippen molar-refractivity contribution in [2.45, 2.75) is 39.0 Å². The summed E-state index contributed by atoms with van der Waals surface area (Å²) in [7, 11) is 0. The summed E-state index contributed by atoms with van der Waals surface area (Å²) in [6, 6.07) is 10.3. The number of anilines is 1. The highest BCUT2D eigenvalue weighted by Gasteiger charge is 2.15. The molecule has 3 rings (SSSR count). The molecule has 1 aromatic heterocycles. The molecule has 25 heavy (non-hydrogen) atoms. The third-order valence-corrected chi connectivity index (χ3v) is 4.20. The van der Waals surface area contributed by atoms with Crippen LogP contribution in [0.1, 0.15) is 35.2 Å². The van der Waals surface area contributed by atoms with Gasteiger partial charge >= 0.3 is 0 Å². The van der Waals surface area contributed by atoms with Crippen molar-refractivity contribution in [3.63, 3.8) is 0 Å². The number of hydrogen-bond acceptors (Lipinski definition) is 6. The van der Waals surface area contributed by atoms with Gasteiger partial charge in [-0.25, -0.2) is 9.97 Å². The Hall–Kier alpha value is -2.49. The Morgan fingerprint density at radius 1 is 1.36 bits per heavy atom. The summed E-state index contributed by atoms with van der Waals surface area (Å²) in [6.07, 6.45) is 3.93. The number of nitriles is 1. The van der Waals surface area contributed by atoms with E-state index < -0.39 is 0 Å². The van der Waals surface area contributed by atoms with Crippen molar-refractivity contribution >= 4 is 5.82 Å². The van der Waals surface area contributed by atoms with Crippen LogP contribution in [0.25, 0.3) is 0 Å². The van der Waals surface area contributed by atoms with E-state index in [-0.39, 0.29) is 6.10 Å². The molecule has 1 aliphatic heterocycles. The van der Waals surface area contributed by atoms with Crippen molar-refractivity contribution in [2.75, 3.05) is 18.5 Å². The molecule has 1 aliphatic rings. The van der Waals surface area contributed by atoms with E-state index in [9.17, 15) is 5.26 Å². The number of hydrogen-bond donors (Lipinski definition) is 1. The molecule has 0 saturated carbocycles. The predicted octanol–water partition coefficient (Wildman–Crippen LogP) is 2.96. The van der Waals surface area contributed by atoms with Gasteiger partial charge in [0.25, 0.3) is 0 Å². The first-order chi connectivity index (χ1) is 12.3. The van der Waals surface area contributed by atoms with Crippen LogP contribution in [-0.4, -0.2) is 29.3 Å². The van der Waals surface area contributed by atoms with Gasteiger partial charge in [-0.05, 0) is 30.9 Å². The summed E-state index contributed by atoms with van der Waals surface area (Å²) in [5.41, 5.74) is 3.39. The van der Waals surface area contributed by atoms with Crippen molar-refractivity contribution in [1.29, 1.82) is 5.26 Å². The maximum absolute atomic E-state index is 9.23. The summed E-state index contributed by atoms with van der Waals surface area (Å²) >= 11 is 0. The molecule has 0 aliphatic carbocycles. The first-order valence-electron chi connectivity index (χ1n) is 8.49. The van der Waals surface area contributed by atoms with Crippen molar-refractivity contribution < 1.29 is 9.47 Å². The molecule has 130 valence electrons. The monoisotopic (exact) mass is 338 g/mol. The zero-order chi connectivity index (χ0) is 17.5. The van der Waals surface area contributed by atoms with E-state index in [1.807, 2.05) is 12.1 Å². The average Bonchev–Trinajstić information content (AvgIpc) is 3.14. The second kappa shape index (κ2) is 8.56. The second-order valence-corrected chi connectivity index (χ2v) is 6.12. The zero-order valence-electron chi connectivity index (χ0n) is 14.4. The lowest BCUT2D eigenvalue weighted by Crippen LogP contribution is -2.13. The highest BCUT2D eigenvalue weighted by Crippen LogP contribution is 2.16. The summed E-state index contributed by atoms with van der Waals surface area (Å²) < 4.78 is 11.3. The average molecular weight is 338 g/mol. The van der Waals surface area contributed by atoms with Crippen LogP contribution in [0.5, 0.6) is 0 Å². The van der Waals surface area contributed by atoms with E-state index in [0.717, 1.165) is 30.6 Å². The normalized spacial score (nSPS) is 16.6. The minimum Gasteiger partial charge on any atom is -0.376 e. The zero-order valence-corrected chi connectivity index (χ0v) is 14.4. The summed E-state index contributed by atoms with van der Waals surface area (Å²) in [5.74, 6) is 0.565. The molecule has 0 bridgehead atoms. The Morgan fingerprint density at radius 2 is 2.24 bits per heavy atom. The van der Waals surface area contributed by atoms with Gasteiger partial charge in [0.2, 0.25) is 0 Å². The standard InChI is InChI=1S/C19H22N4O2/c1-14-18(9-20)19(23-13-22-14)21-10-15-4-2-5-16(8-15)11-24-12-17-6-3-7-25-17/h2,4-5,8,13,17H,3,6-7,10-12H2,1H3,(H,21,22,23). The van der Waals surface area contributed by atoms with Crippen molar-refractivity contribution in [3.05, 3.63) is 53.0 Å². The lowest BCUT2D eigenvalue weighted by atomic mass is 10.1. The fourth-order valence-electron chi connectivity index (χ4n) is 2.84. The number of benzene rings is 1. The fraction of sp³-hybridized carbons (Fsp3) is 0.421. The Balaban J connectivity index is 1.55. The molecular weight excluding hydrogens is 316 g/mol. The molecule has 1 N–H and O–H groups in total. The molecule has 1 atom stereocenters. The molecule has 1 fully saturated rings. The van der Waals surface area contributed by atoms with Gasteiger partial charge in [0, 0.05) is 13.2 Å². The Bertz CT molecular complexity index is 751. The van der Waals surface area contributed by atoms with Gasteiger partial charge in [0.05, 0.1) is 25.0 Å². The Kier molecular flexibility index (Phi) is 5.94. The highest BCUT2D eigenvalue weighted by atomic mass is 16.5. The molecule has 1 unspecified atom stereocenters. The van der Waals surface area contributed by atoms with Crippen LogP contribution in [0.2, 0.25) is 0 Å². The number of aryl methyl sites for hydroxylation is 1. The van der Waals surface area contributed by atoms with Gasteiger partial charge in [0.1, 0.15) is 23.8 Å². The van der Waals surface area contributed by atoms with Crippen LogP contribution >= 0.6 is 0 Å². The van der Waals surface area contributed by atoms with Crippen molar-refractivity contribution in [1.82, 2.24) is 9.97 Å². The largest absolute Gasteiger partial charge is 0.376 e. The van der Waals surface area contributed by atoms with E-state index in [4.69, 9.17) is 9.47 Å². The molecule has 0 spiro atoms. The third kappa shape index (κ3) is 4.75. The first-order valence-corrected chi connectivity index (χ1v) is 8.49. The molecular formula is C19H22N4O2. The second-order valence-electron chi connectivity index (χ2n) is 6.12. The van der Waals surface area contributed by atoms with Crippen LogP contribution in [0, 0.1) is 18.3 Å². The third-order valence-electron chi connectivity index (χ3n) is 4.20. The molecule has 0 amide bonds. The van der Waals surface area contributed by atoms with Gasteiger partial charge in [-0.2, -0.15) is 5.26 Å². The van der Waals surface area contributed by atoms with Crippen molar-refractivity contribution in [2.24, 2.45) is 0 Å². The minimum absolute atomic E-state index is 0.246.